The van der Waals surface area contributed by atoms with Crippen molar-refractivity contribution in [3.05, 3.63) is 62.5 Å². The highest BCUT2D eigenvalue weighted by molar-refractivity contribution is 9.10. The van der Waals surface area contributed by atoms with Crippen LogP contribution in [-0.2, 0) is 16.1 Å². The van der Waals surface area contributed by atoms with Gasteiger partial charge in [0.15, 0.2) is 6.61 Å². The number of likely N-dealkylation sites (N-methyl/N-ethyl adjacent to an activating group) is 1. The largest absolute Gasteiger partial charge is 0.483 e. The van der Waals surface area contributed by atoms with Gasteiger partial charge in [-0.1, -0.05) is 48.0 Å². The molecule has 0 heterocycles. The Bertz CT molecular complexity index is 887. The first-order valence-corrected chi connectivity index (χ1v) is 11.5. The van der Waals surface area contributed by atoms with Gasteiger partial charge in [-0.15, -0.1) is 0 Å². The van der Waals surface area contributed by atoms with Gasteiger partial charge in [0, 0.05) is 17.6 Å². The van der Waals surface area contributed by atoms with Crippen LogP contribution in [0.4, 0.5) is 0 Å². The van der Waals surface area contributed by atoms with Gasteiger partial charge in [0.2, 0.25) is 5.91 Å². The van der Waals surface area contributed by atoms with Crippen molar-refractivity contribution in [2.45, 2.75) is 46.2 Å². The van der Waals surface area contributed by atoms with Crippen molar-refractivity contribution >= 4 is 43.7 Å². The minimum absolute atomic E-state index is 0.155. The standard InChI is InChI=1S/C23H28Br2N2O3/c1-5-26-23(29)16(4)27(13-17-7-6-8-19(24)11-17)22(28)14-30-21-10-9-18(15(2)3)12-20(21)25/h6-12,15-16H,5,13-14H2,1-4H3,(H,26,29). The summed E-state index contributed by atoms with van der Waals surface area (Å²) in [7, 11) is 0. The summed E-state index contributed by atoms with van der Waals surface area (Å²) in [6.45, 7) is 8.49. The maximum absolute atomic E-state index is 13.0. The van der Waals surface area contributed by atoms with Crippen LogP contribution in [0.25, 0.3) is 0 Å². The minimum Gasteiger partial charge on any atom is -0.483 e. The Labute approximate surface area is 195 Å². The number of hydrogen-bond acceptors (Lipinski definition) is 3. The maximum atomic E-state index is 13.0. The Hall–Kier alpha value is -1.86. The van der Waals surface area contributed by atoms with Gasteiger partial charge in [-0.05, 0) is 71.1 Å². The van der Waals surface area contributed by atoms with Gasteiger partial charge in [-0.2, -0.15) is 0 Å². The van der Waals surface area contributed by atoms with Crippen molar-refractivity contribution < 1.29 is 14.3 Å². The van der Waals surface area contributed by atoms with Crippen LogP contribution in [0.15, 0.2) is 51.4 Å². The Morgan fingerprint density at radius 3 is 2.43 bits per heavy atom. The molecule has 0 saturated carbocycles. The fourth-order valence-corrected chi connectivity index (χ4v) is 3.91. The second kappa shape index (κ2) is 11.5. The number of nitrogens with zero attached hydrogens (tertiary/aromatic N) is 1. The molecule has 0 aliphatic rings. The molecular weight excluding hydrogens is 512 g/mol. The summed E-state index contributed by atoms with van der Waals surface area (Å²) in [6, 6.07) is 12.9. The zero-order chi connectivity index (χ0) is 22.3. The van der Waals surface area contributed by atoms with Gasteiger partial charge < -0.3 is 15.0 Å². The van der Waals surface area contributed by atoms with Gasteiger partial charge in [0.25, 0.3) is 5.91 Å². The Morgan fingerprint density at radius 2 is 1.83 bits per heavy atom. The van der Waals surface area contributed by atoms with Crippen LogP contribution in [0.5, 0.6) is 5.75 Å². The van der Waals surface area contributed by atoms with Crippen LogP contribution in [0.1, 0.15) is 44.7 Å². The van der Waals surface area contributed by atoms with Crippen molar-refractivity contribution in [3.63, 3.8) is 0 Å². The Morgan fingerprint density at radius 1 is 1.10 bits per heavy atom. The fourth-order valence-electron chi connectivity index (χ4n) is 2.95. The van der Waals surface area contributed by atoms with Gasteiger partial charge in [0.05, 0.1) is 4.47 Å². The number of benzene rings is 2. The summed E-state index contributed by atoms with van der Waals surface area (Å²) in [5.41, 5.74) is 2.11. The molecule has 0 aliphatic heterocycles. The summed E-state index contributed by atoms with van der Waals surface area (Å²) >= 11 is 6.97. The first kappa shape index (κ1) is 24.4. The quantitative estimate of drug-likeness (QED) is 0.472. The lowest BCUT2D eigenvalue weighted by Gasteiger charge is -2.28. The number of hydrogen-bond donors (Lipinski definition) is 1. The second-order valence-electron chi connectivity index (χ2n) is 7.36. The smallest absolute Gasteiger partial charge is 0.261 e. The average molecular weight is 540 g/mol. The van der Waals surface area contributed by atoms with Crippen LogP contribution in [0, 0.1) is 0 Å². The molecule has 0 bridgehead atoms. The van der Waals surface area contributed by atoms with Crippen molar-refractivity contribution in [2.75, 3.05) is 13.2 Å². The van der Waals surface area contributed by atoms with Crippen molar-refractivity contribution in [3.8, 4) is 5.75 Å². The second-order valence-corrected chi connectivity index (χ2v) is 9.13. The molecule has 0 fully saturated rings. The number of ether oxygens (including phenoxy) is 1. The number of amides is 2. The van der Waals surface area contributed by atoms with Gasteiger partial charge in [-0.25, -0.2) is 0 Å². The average Bonchev–Trinajstić information content (AvgIpc) is 2.70. The minimum atomic E-state index is -0.619. The van der Waals surface area contributed by atoms with E-state index in [4.69, 9.17) is 4.74 Å². The van der Waals surface area contributed by atoms with E-state index in [1.54, 1.807) is 11.8 Å². The summed E-state index contributed by atoms with van der Waals surface area (Å²) < 4.78 is 7.51. The lowest BCUT2D eigenvalue weighted by atomic mass is 10.0. The molecule has 0 aliphatic carbocycles. The van der Waals surface area contributed by atoms with E-state index in [1.807, 2.05) is 49.4 Å². The zero-order valence-electron chi connectivity index (χ0n) is 17.7. The zero-order valence-corrected chi connectivity index (χ0v) is 20.9. The predicted octanol–water partition coefficient (Wildman–Crippen LogP) is 5.27. The molecule has 0 aromatic heterocycles. The summed E-state index contributed by atoms with van der Waals surface area (Å²) in [6.07, 6.45) is 0. The van der Waals surface area contributed by atoms with Gasteiger partial charge in [-0.3, -0.25) is 9.59 Å². The molecule has 1 atom stereocenters. The van der Waals surface area contributed by atoms with Crippen LogP contribution in [-0.4, -0.2) is 35.9 Å². The third kappa shape index (κ3) is 6.84. The highest BCUT2D eigenvalue weighted by Crippen LogP contribution is 2.29. The van der Waals surface area contributed by atoms with Crippen LogP contribution in [0.2, 0.25) is 0 Å². The maximum Gasteiger partial charge on any atom is 0.261 e. The highest BCUT2D eigenvalue weighted by Gasteiger charge is 2.26. The molecule has 0 spiro atoms. The van der Waals surface area contributed by atoms with E-state index < -0.39 is 6.04 Å². The van der Waals surface area contributed by atoms with E-state index in [1.165, 1.54) is 5.56 Å². The molecule has 1 unspecified atom stereocenters. The first-order valence-electron chi connectivity index (χ1n) is 9.96. The molecule has 2 rings (SSSR count). The van der Waals surface area contributed by atoms with Crippen LogP contribution in [0.3, 0.4) is 0 Å². The number of nitrogens with one attached hydrogen (secondary N) is 1. The topological polar surface area (TPSA) is 58.6 Å². The van der Waals surface area contributed by atoms with Gasteiger partial charge >= 0.3 is 0 Å². The lowest BCUT2D eigenvalue weighted by Crippen LogP contribution is -2.49. The van der Waals surface area contributed by atoms with Crippen LogP contribution >= 0.6 is 31.9 Å². The molecule has 0 radical (unpaired) electrons. The fraction of sp³-hybridized carbons (Fsp3) is 0.391. The summed E-state index contributed by atoms with van der Waals surface area (Å²) in [5, 5.41) is 2.79. The Kier molecular flexibility index (Phi) is 9.37. The van der Waals surface area contributed by atoms with E-state index in [-0.39, 0.29) is 18.4 Å². The molecule has 162 valence electrons. The van der Waals surface area contributed by atoms with Crippen LogP contribution < -0.4 is 10.1 Å². The lowest BCUT2D eigenvalue weighted by molar-refractivity contribution is -0.142. The normalized spacial score (nSPS) is 11.8. The third-order valence-corrected chi connectivity index (χ3v) is 5.85. The van der Waals surface area contributed by atoms with Crippen molar-refractivity contribution in [1.29, 1.82) is 0 Å². The number of halogens is 2. The predicted molar refractivity (Wildman–Crippen MR) is 127 cm³/mol. The molecular formula is C23H28Br2N2O3. The molecule has 1 N–H and O–H groups in total. The molecule has 7 heteroatoms. The van der Waals surface area contributed by atoms with Gasteiger partial charge in [0.1, 0.15) is 11.8 Å². The van der Waals surface area contributed by atoms with E-state index >= 15 is 0 Å². The molecule has 2 aromatic carbocycles. The molecule has 30 heavy (non-hydrogen) atoms. The SMILES string of the molecule is CCNC(=O)C(C)N(Cc1cccc(Br)c1)C(=O)COc1ccc(C(C)C)cc1Br. The summed E-state index contributed by atoms with van der Waals surface area (Å²) in [5.74, 6) is 0.549. The third-order valence-electron chi connectivity index (χ3n) is 4.73. The number of carbonyl (C=O) groups is 2. The van der Waals surface area contributed by atoms with Crippen molar-refractivity contribution in [2.24, 2.45) is 0 Å². The number of carbonyl (C=O) groups excluding carboxylic acids is 2. The monoisotopic (exact) mass is 538 g/mol. The van der Waals surface area contributed by atoms with E-state index in [0.29, 0.717) is 24.8 Å². The first-order chi connectivity index (χ1) is 14.2. The molecule has 2 aromatic rings. The Balaban J connectivity index is 2.16. The molecule has 5 nitrogen and oxygen atoms in total. The van der Waals surface area contributed by atoms with Crippen molar-refractivity contribution in [1.82, 2.24) is 10.2 Å². The summed E-state index contributed by atoms with van der Waals surface area (Å²) in [4.78, 5) is 27.0. The van der Waals surface area contributed by atoms with E-state index in [9.17, 15) is 9.59 Å². The molecule has 0 saturated heterocycles. The van der Waals surface area contributed by atoms with E-state index in [0.717, 1.165) is 14.5 Å². The highest BCUT2D eigenvalue weighted by atomic mass is 79.9. The molecule has 2 amide bonds. The van der Waals surface area contributed by atoms with E-state index in [2.05, 4.69) is 51.0 Å². The number of rotatable bonds is 9.